The molecule has 0 aliphatic carbocycles. The predicted molar refractivity (Wildman–Crippen MR) is 69.6 cm³/mol. The molecule has 0 aromatic carbocycles. The van der Waals surface area contributed by atoms with E-state index in [1.807, 2.05) is 6.07 Å². The van der Waals surface area contributed by atoms with E-state index in [0.717, 1.165) is 11.3 Å². The summed E-state index contributed by atoms with van der Waals surface area (Å²) in [5, 5.41) is 9.19. The Hall–Kier alpha value is -2.33. The molecule has 0 aliphatic heterocycles. The van der Waals surface area contributed by atoms with Gasteiger partial charge in [0.1, 0.15) is 22.6 Å². The number of nitriles is 1. The molecule has 1 rings (SSSR count). The number of thiophene rings is 1. The van der Waals surface area contributed by atoms with Crippen LogP contribution in [0.25, 0.3) is 0 Å². The van der Waals surface area contributed by atoms with E-state index < -0.39 is 11.9 Å². The van der Waals surface area contributed by atoms with Gasteiger partial charge < -0.3 is 15.2 Å². The fourth-order valence-electron chi connectivity index (χ4n) is 1.36. The van der Waals surface area contributed by atoms with Crippen LogP contribution in [0, 0.1) is 11.3 Å². The number of rotatable bonds is 5. The Labute approximate surface area is 114 Å². The van der Waals surface area contributed by atoms with Gasteiger partial charge >= 0.3 is 11.9 Å². The fraction of sp³-hybridized carbons (Fsp3) is 0.250. The quantitative estimate of drug-likeness (QED) is 0.643. The summed E-state index contributed by atoms with van der Waals surface area (Å²) in [4.78, 5) is 23.3. The first-order valence-corrected chi connectivity index (χ1v) is 6.02. The van der Waals surface area contributed by atoms with Crippen molar-refractivity contribution in [2.75, 3.05) is 19.5 Å². The number of nitrogens with two attached hydrogens (primary N) is 1. The number of anilines is 1. The maximum atomic E-state index is 11.8. The van der Waals surface area contributed by atoms with E-state index in [4.69, 9.17) is 15.7 Å². The number of carbonyl (C=O) groups excluding carboxylic acids is 2. The Morgan fingerprint density at radius 2 is 2.26 bits per heavy atom. The number of esters is 2. The molecule has 19 heavy (non-hydrogen) atoms. The van der Waals surface area contributed by atoms with Gasteiger partial charge in [-0.15, -0.1) is 11.3 Å². The van der Waals surface area contributed by atoms with E-state index in [1.54, 1.807) is 0 Å². The van der Waals surface area contributed by atoms with Crippen LogP contribution in [0.4, 0.5) is 5.00 Å². The Bertz CT molecular complexity index is 557. The number of methoxy groups -OCH3 is 1. The first-order chi connectivity index (χ1) is 9.04. The van der Waals surface area contributed by atoms with Crippen molar-refractivity contribution in [3.63, 3.8) is 0 Å². The third kappa shape index (κ3) is 3.33. The smallest absolute Gasteiger partial charge is 0.349 e. The van der Waals surface area contributed by atoms with Crippen LogP contribution in [0.3, 0.4) is 0 Å². The zero-order chi connectivity index (χ0) is 14.4. The van der Waals surface area contributed by atoms with E-state index in [0.29, 0.717) is 0 Å². The number of nitrogens with zero attached hydrogens (tertiary/aromatic N) is 1. The molecule has 0 saturated heterocycles. The van der Waals surface area contributed by atoms with Gasteiger partial charge in [-0.3, -0.25) is 4.79 Å². The molecule has 0 unspecified atom stereocenters. The van der Waals surface area contributed by atoms with Gasteiger partial charge in [-0.05, 0) is 0 Å². The van der Waals surface area contributed by atoms with Crippen LogP contribution < -0.4 is 5.73 Å². The molecule has 1 heterocycles. The monoisotopic (exact) mass is 280 g/mol. The fourth-order valence-corrected chi connectivity index (χ4v) is 2.29. The molecule has 0 spiro atoms. The van der Waals surface area contributed by atoms with Crippen LogP contribution in [0.2, 0.25) is 0 Å². The Morgan fingerprint density at radius 1 is 1.58 bits per heavy atom. The number of carbonyl (C=O) groups is 2. The SMILES string of the molecule is C=CCOC(=O)c1sc(N)c(C#N)c1CC(=O)OC. The van der Waals surface area contributed by atoms with Crippen LogP contribution in [-0.4, -0.2) is 25.7 Å². The second-order valence-electron chi connectivity index (χ2n) is 3.40. The molecule has 2 N–H and O–H groups in total. The van der Waals surface area contributed by atoms with Gasteiger partial charge in [0.15, 0.2) is 0 Å². The van der Waals surface area contributed by atoms with Crippen molar-refractivity contribution in [1.29, 1.82) is 5.26 Å². The van der Waals surface area contributed by atoms with Crippen molar-refractivity contribution >= 4 is 28.3 Å². The van der Waals surface area contributed by atoms with Crippen molar-refractivity contribution < 1.29 is 19.1 Å². The number of hydrogen-bond acceptors (Lipinski definition) is 7. The molecule has 100 valence electrons. The molecule has 0 atom stereocenters. The van der Waals surface area contributed by atoms with Gasteiger partial charge in [0.05, 0.1) is 19.1 Å². The molecule has 0 saturated carbocycles. The highest BCUT2D eigenvalue weighted by Gasteiger charge is 2.24. The van der Waals surface area contributed by atoms with Crippen molar-refractivity contribution in [3.8, 4) is 6.07 Å². The molecule has 6 nitrogen and oxygen atoms in total. The van der Waals surface area contributed by atoms with Crippen molar-refractivity contribution in [1.82, 2.24) is 0 Å². The largest absolute Gasteiger partial charge is 0.469 e. The van der Waals surface area contributed by atoms with Crippen LogP contribution in [0.15, 0.2) is 12.7 Å². The maximum Gasteiger partial charge on any atom is 0.349 e. The molecule has 1 aromatic heterocycles. The third-order valence-electron chi connectivity index (χ3n) is 2.21. The Balaban J connectivity index is 3.16. The van der Waals surface area contributed by atoms with Crippen LogP contribution in [0.1, 0.15) is 20.8 Å². The normalized spacial score (nSPS) is 9.47. The van der Waals surface area contributed by atoms with E-state index in [1.165, 1.54) is 13.2 Å². The second kappa shape index (κ2) is 6.56. The van der Waals surface area contributed by atoms with Crippen LogP contribution >= 0.6 is 11.3 Å². The van der Waals surface area contributed by atoms with Gasteiger partial charge in [-0.2, -0.15) is 5.26 Å². The van der Waals surface area contributed by atoms with Gasteiger partial charge in [0.2, 0.25) is 0 Å². The standard InChI is InChI=1S/C12H12N2O4S/c1-3-4-18-12(16)10-7(5-9(15)17-2)8(6-13)11(14)19-10/h3H,1,4-5,14H2,2H3. The average Bonchev–Trinajstić information content (AvgIpc) is 2.71. The Morgan fingerprint density at radius 3 is 2.79 bits per heavy atom. The summed E-state index contributed by atoms with van der Waals surface area (Å²) in [5.41, 5.74) is 6.01. The molecular formula is C12H12N2O4S. The highest BCUT2D eigenvalue weighted by Crippen LogP contribution is 2.31. The minimum atomic E-state index is -0.642. The third-order valence-corrected chi connectivity index (χ3v) is 3.25. The summed E-state index contributed by atoms with van der Waals surface area (Å²) >= 11 is 0.915. The van der Waals surface area contributed by atoms with Gasteiger partial charge in [-0.1, -0.05) is 12.7 Å². The summed E-state index contributed by atoms with van der Waals surface area (Å²) in [6.45, 7) is 3.46. The average molecular weight is 280 g/mol. The van der Waals surface area contributed by atoms with Crippen LogP contribution in [-0.2, 0) is 20.7 Å². The van der Waals surface area contributed by atoms with Crippen molar-refractivity contribution in [2.24, 2.45) is 0 Å². The lowest BCUT2D eigenvalue weighted by Crippen LogP contribution is -2.11. The van der Waals surface area contributed by atoms with Crippen molar-refractivity contribution in [3.05, 3.63) is 28.7 Å². The van der Waals surface area contributed by atoms with E-state index in [-0.39, 0.29) is 34.0 Å². The van der Waals surface area contributed by atoms with E-state index >= 15 is 0 Å². The summed E-state index contributed by atoms with van der Waals surface area (Å²) in [6.07, 6.45) is 1.21. The number of hydrogen-bond donors (Lipinski definition) is 1. The molecular weight excluding hydrogens is 268 g/mol. The van der Waals surface area contributed by atoms with Gasteiger partial charge in [0, 0.05) is 5.56 Å². The molecule has 0 aliphatic rings. The first kappa shape index (κ1) is 14.7. The topological polar surface area (TPSA) is 102 Å². The van der Waals surface area contributed by atoms with E-state index in [9.17, 15) is 9.59 Å². The lowest BCUT2D eigenvalue weighted by Gasteiger charge is -2.03. The maximum absolute atomic E-state index is 11.8. The highest BCUT2D eigenvalue weighted by atomic mass is 32.1. The zero-order valence-corrected chi connectivity index (χ0v) is 11.1. The lowest BCUT2D eigenvalue weighted by atomic mass is 10.1. The zero-order valence-electron chi connectivity index (χ0n) is 10.3. The number of ether oxygens (including phenoxy) is 2. The van der Waals surface area contributed by atoms with E-state index in [2.05, 4.69) is 11.3 Å². The van der Waals surface area contributed by atoms with Crippen LogP contribution in [0.5, 0.6) is 0 Å². The molecule has 0 radical (unpaired) electrons. The minimum absolute atomic E-state index is 0.0379. The highest BCUT2D eigenvalue weighted by molar-refractivity contribution is 7.18. The second-order valence-corrected chi connectivity index (χ2v) is 4.45. The molecule has 7 heteroatoms. The van der Waals surface area contributed by atoms with Gasteiger partial charge in [0.25, 0.3) is 0 Å². The molecule has 0 amide bonds. The summed E-state index contributed by atoms with van der Waals surface area (Å²) in [6, 6.07) is 1.87. The first-order valence-electron chi connectivity index (χ1n) is 5.21. The Kier molecular flexibility index (Phi) is 5.09. The minimum Gasteiger partial charge on any atom is -0.469 e. The number of nitrogen functional groups attached to an aromatic ring is 1. The molecule has 1 aromatic rings. The summed E-state index contributed by atoms with van der Waals surface area (Å²) < 4.78 is 9.41. The predicted octanol–water partition coefficient (Wildman–Crippen LogP) is 1.26. The summed E-state index contributed by atoms with van der Waals surface area (Å²) in [7, 11) is 1.22. The molecule has 0 fully saturated rings. The summed E-state index contributed by atoms with van der Waals surface area (Å²) in [5.74, 6) is -1.20. The molecule has 0 bridgehead atoms. The van der Waals surface area contributed by atoms with Crippen molar-refractivity contribution in [2.45, 2.75) is 6.42 Å². The van der Waals surface area contributed by atoms with Gasteiger partial charge in [-0.25, -0.2) is 4.79 Å². The lowest BCUT2D eigenvalue weighted by molar-refractivity contribution is -0.139.